The van der Waals surface area contributed by atoms with Crippen LogP contribution in [-0.4, -0.2) is 35.1 Å². The number of hydrogen-bond donors (Lipinski definition) is 1. The van der Waals surface area contributed by atoms with Crippen LogP contribution < -0.4 is 5.32 Å². The van der Waals surface area contributed by atoms with Crippen LogP contribution >= 0.6 is 35.0 Å². The summed E-state index contributed by atoms with van der Waals surface area (Å²) < 4.78 is 13.9. The molecule has 1 N–H and O–H groups in total. The second kappa shape index (κ2) is 12.9. The number of halogens is 3. The molecule has 4 nitrogen and oxygen atoms in total. The van der Waals surface area contributed by atoms with Crippen molar-refractivity contribution in [2.24, 2.45) is 0 Å². The predicted molar refractivity (Wildman–Crippen MR) is 127 cm³/mol. The summed E-state index contributed by atoms with van der Waals surface area (Å²) in [6.45, 7) is 4.57. The van der Waals surface area contributed by atoms with E-state index < -0.39 is 6.04 Å². The lowest BCUT2D eigenvalue weighted by Crippen LogP contribution is -2.49. The van der Waals surface area contributed by atoms with Crippen molar-refractivity contribution in [3.05, 3.63) is 69.5 Å². The zero-order valence-corrected chi connectivity index (χ0v) is 20.0. The highest BCUT2D eigenvalue weighted by Gasteiger charge is 2.28. The van der Waals surface area contributed by atoms with Gasteiger partial charge >= 0.3 is 0 Å². The summed E-state index contributed by atoms with van der Waals surface area (Å²) in [6.07, 6.45) is 1.27. The molecule has 0 aromatic heterocycles. The Morgan fingerprint density at radius 2 is 1.87 bits per heavy atom. The monoisotopic (exact) mass is 484 g/mol. The molecule has 0 aliphatic rings. The molecule has 0 fully saturated rings. The number of nitrogens with zero attached hydrogens (tertiary/aromatic N) is 1. The molecule has 2 amide bonds. The number of amides is 2. The SMILES string of the molecule is CCCNC(=O)C(CC)N(Cc1ccc(Cl)cc1Cl)C(=O)CSCc1ccccc1F. The summed E-state index contributed by atoms with van der Waals surface area (Å²) in [7, 11) is 0. The van der Waals surface area contributed by atoms with Crippen molar-refractivity contribution in [2.45, 2.75) is 45.0 Å². The van der Waals surface area contributed by atoms with Crippen LogP contribution in [-0.2, 0) is 21.9 Å². The average Bonchev–Trinajstić information content (AvgIpc) is 2.74. The molecule has 1 atom stereocenters. The molecule has 0 bridgehead atoms. The van der Waals surface area contributed by atoms with Crippen LogP contribution in [0.3, 0.4) is 0 Å². The van der Waals surface area contributed by atoms with Crippen LogP contribution in [0, 0.1) is 5.82 Å². The molecule has 168 valence electrons. The van der Waals surface area contributed by atoms with E-state index in [1.165, 1.54) is 17.8 Å². The second-order valence-corrected chi connectivity index (χ2v) is 8.89. The zero-order chi connectivity index (χ0) is 22.8. The summed E-state index contributed by atoms with van der Waals surface area (Å²) in [6, 6.07) is 11.0. The summed E-state index contributed by atoms with van der Waals surface area (Å²) >= 11 is 13.6. The molecule has 8 heteroatoms. The lowest BCUT2D eigenvalue weighted by Gasteiger charge is -2.31. The molecule has 1 unspecified atom stereocenters. The maximum Gasteiger partial charge on any atom is 0.242 e. The van der Waals surface area contributed by atoms with Gasteiger partial charge in [-0.05, 0) is 42.2 Å². The number of hydrogen-bond acceptors (Lipinski definition) is 3. The Morgan fingerprint density at radius 1 is 1.13 bits per heavy atom. The first kappa shape index (κ1) is 25.5. The van der Waals surface area contributed by atoms with Gasteiger partial charge in [0.25, 0.3) is 0 Å². The molecule has 2 rings (SSSR count). The van der Waals surface area contributed by atoms with Crippen molar-refractivity contribution in [3.8, 4) is 0 Å². The van der Waals surface area contributed by atoms with Crippen molar-refractivity contribution >= 4 is 46.8 Å². The number of rotatable bonds is 11. The van der Waals surface area contributed by atoms with E-state index in [2.05, 4.69) is 5.32 Å². The van der Waals surface area contributed by atoms with Crippen LogP contribution in [0.15, 0.2) is 42.5 Å². The third kappa shape index (κ3) is 7.70. The Kier molecular flexibility index (Phi) is 10.6. The van der Waals surface area contributed by atoms with Crippen LogP contribution in [0.4, 0.5) is 4.39 Å². The molecule has 0 radical (unpaired) electrons. The van der Waals surface area contributed by atoms with Gasteiger partial charge < -0.3 is 10.2 Å². The molecule has 0 saturated heterocycles. The van der Waals surface area contributed by atoms with Crippen molar-refractivity contribution in [1.82, 2.24) is 10.2 Å². The highest BCUT2D eigenvalue weighted by atomic mass is 35.5. The first-order valence-corrected chi connectivity index (χ1v) is 12.1. The molecular weight excluding hydrogens is 458 g/mol. The quantitative estimate of drug-likeness (QED) is 0.444. The summed E-state index contributed by atoms with van der Waals surface area (Å²) in [5, 5.41) is 3.81. The van der Waals surface area contributed by atoms with Crippen LogP contribution in [0.5, 0.6) is 0 Å². The first-order valence-electron chi connectivity index (χ1n) is 10.2. The van der Waals surface area contributed by atoms with Gasteiger partial charge in [0.05, 0.1) is 5.75 Å². The van der Waals surface area contributed by atoms with Crippen LogP contribution in [0.2, 0.25) is 10.0 Å². The zero-order valence-electron chi connectivity index (χ0n) is 17.7. The van der Waals surface area contributed by atoms with Gasteiger partial charge in [0, 0.05) is 28.9 Å². The third-order valence-electron chi connectivity index (χ3n) is 4.73. The molecule has 2 aromatic carbocycles. The normalized spacial score (nSPS) is 11.8. The maximum absolute atomic E-state index is 13.9. The average molecular weight is 485 g/mol. The lowest BCUT2D eigenvalue weighted by molar-refractivity contribution is -0.139. The fraction of sp³-hybridized carbons (Fsp3) is 0.391. The summed E-state index contributed by atoms with van der Waals surface area (Å²) in [5.74, 6) is -0.200. The topological polar surface area (TPSA) is 49.4 Å². The van der Waals surface area contributed by atoms with E-state index in [-0.39, 0.29) is 29.9 Å². The van der Waals surface area contributed by atoms with E-state index in [9.17, 15) is 14.0 Å². The van der Waals surface area contributed by atoms with E-state index >= 15 is 0 Å². The van der Waals surface area contributed by atoms with Crippen LogP contribution in [0.1, 0.15) is 37.8 Å². The number of benzene rings is 2. The predicted octanol–water partition coefficient (Wildman–Crippen LogP) is 5.70. The molecule has 0 aliphatic heterocycles. The van der Waals surface area contributed by atoms with Gasteiger partial charge in [-0.2, -0.15) is 0 Å². The van der Waals surface area contributed by atoms with Crippen molar-refractivity contribution in [1.29, 1.82) is 0 Å². The van der Waals surface area contributed by atoms with Gasteiger partial charge in [-0.1, -0.05) is 61.3 Å². The number of carbonyl (C=O) groups excluding carboxylic acids is 2. The van der Waals surface area contributed by atoms with E-state index in [0.29, 0.717) is 39.9 Å². The Bertz CT molecular complexity index is 898. The minimum atomic E-state index is -0.625. The minimum absolute atomic E-state index is 0.122. The van der Waals surface area contributed by atoms with Gasteiger partial charge in [-0.3, -0.25) is 9.59 Å². The minimum Gasteiger partial charge on any atom is -0.354 e. The molecule has 0 aliphatic carbocycles. The van der Waals surface area contributed by atoms with Gasteiger partial charge in [0.1, 0.15) is 11.9 Å². The van der Waals surface area contributed by atoms with E-state index in [4.69, 9.17) is 23.2 Å². The molecule has 0 spiro atoms. The summed E-state index contributed by atoms with van der Waals surface area (Å²) in [4.78, 5) is 27.4. The van der Waals surface area contributed by atoms with Crippen molar-refractivity contribution < 1.29 is 14.0 Å². The smallest absolute Gasteiger partial charge is 0.242 e. The fourth-order valence-electron chi connectivity index (χ4n) is 3.07. The highest BCUT2D eigenvalue weighted by molar-refractivity contribution is 7.99. The number of nitrogens with one attached hydrogen (secondary N) is 1. The van der Waals surface area contributed by atoms with Gasteiger partial charge in [-0.15, -0.1) is 11.8 Å². The number of thioether (sulfide) groups is 1. The molecule has 0 saturated carbocycles. The third-order valence-corrected chi connectivity index (χ3v) is 6.29. The molecule has 31 heavy (non-hydrogen) atoms. The van der Waals surface area contributed by atoms with Crippen LogP contribution in [0.25, 0.3) is 0 Å². The number of carbonyl (C=O) groups is 2. The standard InChI is InChI=1S/C23H27Cl2FN2O2S/c1-3-11-27-23(30)21(4-2)28(13-16-9-10-18(24)12-19(16)25)22(29)15-31-14-17-7-5-6-8-20(17)26/h5-10,12,21H,3-4,11,13-15H2,1-2H3,(H,27,30). The lowest BCUT2D eigenvalue weighted by atomic mass is 10.1. The van der Waals surface area contributed by atoms with Crippen molar-refractivity contribution in [2.75, 3.05) is 12.3 Å². The van der Waals surface area contributed by atoms with Gasteiger partial charge in [0.15, 0.2) is 0 Å². The maximum atomic E-state index is 13.9. The Labute approximate surface area is 197 Å². The Hall–Kier alpha value is -1.76. The Morgan fingerprint density at radius 3 is 2.52 bits per heavy atom. The molecule has 2 aromatic rings. The van der Waals surface area contributed by atoms with Gasteiger partial charge in [0.2, 0.25) is 11.8 Å². The summed E-state index contributed by atoms with van der Waals surface area (Å²) in [5.41, 5.74) is 1.25. The van der Waals surface area contributed by atoms with E-state index in [0.717, 1.165) is 6.42 Å². The first-order chi connectivity index (χ1) is 14.9. The van der Waals surface area contributed by atoms with Gasteiger partial charge in [-0.25, -0.2) is 4.39 Å². The van der Waals surface area contributed by atoms with E-state index in [1.54, 1.807) is 41.3 Å². The Balaban J connectivity index is 2.17. The second-order valence-electron chi connectivity index (χ2n) is 7.06. The molecule has 0 heterocycles. The van der Waals surface area contributed by atoms with E-state index in [1.807, 2.05) is 13.8 Å². The largest absolute Gasteiger partial charge is 0.354 e. The van der Waals surface area contributed by atoms with Crippen molar-refractivity contribution in [3.63, 3.8) is 0 Å². The molecular formula is C23H27Cl2FN2O2S. The fourth-order valence-corrected chi connectivity index (χ4v) is 4.43. The highest BCUT2D eigenvalue weighted by Crippen LogP contribution is 2.24.